The molecule has 0 unspecified atom stereocenters. The standard InChI is InChI=1S/C27H28N8O4/c1-37-23-11-18(2-3-22(23)34-8-6-33(7-9-34)19-14-38-15-19)30-25-26-28-4-5-35(26)13-21(32-25)17-10-20-27(29-12-17)39-16-24(36)31-20/h2-5,10-13,19H,6-9,14-16H2,1H3,(H,30,32)(H,31,36). The summed E-state index contributed by atoms with van der Waals surface area (Å²) in [7, 11) is 1.70. The maximum atomic E-state index is 11.8. The average Bonchev–Trinajstić information content (AvgIpc) is 3.41. The number of carbonyl (C=O) groups is 1. The van der Waals surface area contributed by atoms with Crippen molar-refractivity contribution in [2.45, 2.75) is 6.04 Å². The molecule has 0 spiro atoms. The fourth-order valence-electron chi connectivity index (χ4n) is 5.19. The second-order valence-corrected chi connectivity index (χ2v) is 9.77. The molecule has 1 aromatic carbocycles. The van der Waals surface area contributed by atoms with Crippen LogP contribution in [0, 0.1) is 0 Å². The van der Waals surface area contributed by atoms with Crippen LogP contribution in [0.4, 0.5) is 22.9 Å². The number of pyridine rings is 1. The lowest BCUT2D eigenvalue weighted by molar-refractivity contribution is -0.118. The zero-order valence-corrected chi connectivity index (χ0v) is 21.5. The van der Waals surface area contributed by atoms with Crippen LogP contribution in [-0.2, 0) is 9.53 Å². The molecule has 2 saturated heterocycles. The minimum absolute atomic E-state index is 0.0407. The number of hydrogen-bond donors (Lipinski definition) is 2. The van der Waals surface area contributed by atoms with Crippen molar-refractivity contribution < 1.29 is 19.0 Å². The van der Waals surface area contributed by atoms with Crippen LogP contribution >= 0.6 is 0 Å². The monoisotopic (exact) mass is 528 g/mol. The molecule has 200 valence electrons. The molecule has 3 aromatic heterocycles. The van der Waals surface area contributed by atoms with Gasteiger partial charge in [-0.3, -0.25) is 9.69 Å². The third-order valence-corrected chi connectivity index (χ3v) is 7.37. The number of fused-ring (bicyclic) bond motifs is 2. The number of anilines is 4. The van der Waals surface area contributed by atoms with Crippen LogP contribution in [0.15, 0.2) is 49.1 Å². The second kappa shape index (κ2) is 9.71. The fraction of sp³-hybridized carbons (Fsp3) is 0.333. The van der Waals surface area contributed by atoms with Gasteiger partial charge in [-0.25, -0.2) is 15.0 Å². The van der Waals surface area contributed by atoms with Crippen molar-refractivity contribution >= 4 is 34.4 Å². The molecule has 0 saturated carbocycles. The van der Waals surface area contributed by atoms with Crippen LogP contribution in [0.5, 0.6) is 11.6 Å². The van der Waals surface area contributed by atoms with Gasteiger partial charge in [0.2, 0.25) is 5.88 Å². The van der Waals surface area contributed by atoms with Gasteiger partial charge in [-0.05, 0) is 18.2 Å². The lowest BCUT2D eigenvalue weighted by Crippen LogP contribution is -2.56. The van der Waals surface area contributed by atoms with Crippen molar-refractivity contribution in [2.75, 3.05) is 68.6 Å². The number of aromatic nitrogens is 4. The molecule has 39 heavy (non-hydrogen) atoms. The smallest absolute Gasteiger partial charge is 0.262 e. The van der Waals surface area contributed by atoms with E-state index in [0.29, 0.717) is 34.8 Å². The van der Waals surface area contributed by atoms with E-state index in [9.17, 15) is 4.79 Å². The minimum Gasteiger partial charge on any atom is -0.495 e. The molecule has 0 aliphatic carbocycles. The summed E-state index contributed by atoms with van der Waals surface area (Å²) in [4.78, 5) is 30.4. The van der Waals surface area contributed by atoms with Crippen molar-refractivity contribution in [3.63, 3.8) is 0 Å². The first-order chi connectivity index (χ1) is 19.1. The summed E-state index contributed by atoms with van der Waals surface area (Å²) in [6.07, 6.45) is 7.15. The van der Waals surface area contributed by atoms with Gasteiger partial charge in [0.25, 0.3) is 5.91 Å². The average molecular weight is 529 g/mol. The van der Waals surface area contributed by atoms with Crippen LogP contribution in [-0.4, -0.2) is 89.3 Å². The number of nitrogens with zero attached hydrogens (tertiary/aromatic N) is 6. The molecule has 6 heterocycles. The van der Waals surface area contributed by atoms with E-state index in [1.165, 1.54) is 0 Å². The largest absolute Gasteiger partial charge is 0.495 e. The van der Waals surface area contributed by atoms with E-state index in [1.807, 2.05) is 35.0 Å². The topological polar surface area (TPSA) is 118 Å². The summed E-state index contributed by atoms with van der Waals surface area (Å²) >= 11 is 0. The van der Waals surface area contributed by atoms with Crippen LogP contribution in [0.1, 0.15) is 0 Å². The summed E-state index contributed by atoms with van der Waals surface area (Å²) < 4.78 is 18.5. The van der Waals surface area contributed by atoms with Crippen LogP contribution in [0.2, 0.25) is 0 Å². The molecule has 7 rings (SSSR count). The highest BCUT2D eigenvalue weighted by atomic mass is 16.5. The van der Waals surface area contributed by atoms with E-state index < -0.39 is 0 Å². The second-order valence-electron chi connectivity index (χ2n) is 9.77. The van der Waals surface area contributed by atoms with Crippen LogP contribution < -0.4 is 25.0 Å². The third kappa shape index (κ3) is 4.47. The SMILES string of the molecule is COc1cc(Nc2nc(-c3cnc4c(c3)NC(=O)CO4)cn3ccnc23)ccc1N1CCN(C2COC2)CC1. The molecule has 3 aliphatic heterocycles. The Bertz CT molecular complexity index is 1540. The van der Waals surface area contributed by atoms with Gasteiger partial charge in [0, 0.05) is 68.3 Å². The first-order valence-electron chi connectivity index (χ1n) is 12.9. The van der Waals surface area contributed by atoms with Crippen LogP contribution in [0.25, 0.3) is 16.9 Å². The molecule has 12 heteroatoms. The maximum absolute atomic E-state index is 11.8. The summed E-state index contributed by atoms with van der Waals surface area (Å²) in [5.74, 6) is 1.56. The van der Waals surface area contributed by atoms with E-state index in [2.05, 4.69) is 36.5 Å². The van der Waals surface area contributed by atoms with Crippen molar-refractivity contribution in [3.05, 3.63) is 49.1 Å². The molecule has 4 aromatic rings. The number of imidazole rings is 1. The number of carbonyl (C=O) groups excluding carboxylic acids is 1. The first-order valence-corrected chi connectivity index (χ1v) is 12.9. The molecule has 0 atom stereocenters. The van der Waals surface area contributed by atoms with Gasteiger partial charge in [0.1, 0.15) is 11.4 Å². The minimum atomic E-state index is -0.214. The van der Waals surface area contributed by atoms with Gasteiger partial charge in [0.15, 0.2) is 18.1 Å². The quantitative estimate of drug-likeness (QED) is 0.386. The van der Waals surface area contributed by atoms with Crippen molar-refractivity contribution in [1.29, 1.82) is 0 Å². The zero-order valence-electron chi connectivity index (χ0n) is 21.5. The highest BCUT2D eigenvalue weighted by Crippen LogP contribution is 2.35. The molecular formula is C27H28N8O4. The maximum Gasteiger partial charge on any atom is 0.262 e. The molecule has 0 bridgehead atoms. The molecule has 3 aliphatic rings. The normalized spacial score (nSPS) is 17.8. The third-order valence-electron chi connectivity index (χ3n) is 7.37. The predicted molar refractivity (Wildman–Crippen MR) is 145 cm³/mol. The number of hydrogen-bond acceptors (Lipinski definition) is 10. The highest BCUT2D eigenvalue weighted by molar-refractivity contribution is 5.95. The van der Waals surface area contributed by atoms with Crippen molar-refractivity contribution in [3.8, 4) is 22.9 Å². The molecular weight excluding hydrogens is 500 g/mol. The van der Waals surface area contributed by atoms with Gasteiger partial charge < -0.3 is 34.1 Å². The molecule has 1 amide bonds. The molecule has 0 radical (unpaired) electrons. The Morgan fingerprint density at radius 2 is 2.00 bits per heavy atom. The number of nitrogens with one attached hydrogen (secondary N) is 2. The van der Waals surface area contributed by atoms with Gasteiger partial charge in [0.05, 0.1) is 37.7 Å². The van der Waals surface area contributed by atoms with E-state index in [0.717, 1.165) is 62.1 Å². The van der Waals surface area contributed by atoms with Gasteiger partial charge in [-0.15, -0.1) is 0 Å². The van der Waals surface area contributed by atoms with E-state index in [-0.39, 0.29) is 12.5 Å². The Morgan fingerprint density at radius 3 is 2.79 bits per heavy atom. The summed E-state index contributed by atoms with van der Waals surface area (Å²) in [5, 5.41) is 6.22. The Balaban J connectivity index is 1.15. The zero-order chi connectivity index (χ0) is 26.3. The summed E-state index contributed by atoms with van der Waals surface area (Å²) in [6, 6.07) is 8.48. The van der Waals surface area contributed by atoms with Crippen LogP contribution in [0.3, 0.4) is 0 Å². The van der Waals surface area contributed by atoms with Gasteiger partial charge in [-0.2, -0.15) is 0 Å². The number of ether oxygens (including phenoxy) is 3. The Hall–Kier alpha value is -4.42. The van der Waals surface area contributed by atoms with E-state index >= 15 is 0 Å². The molecule has 2 fully saturated rings. The Morgan fingerprint density at radius 1 is 1.13 bits per heavy atom. The number of piperazine rings is 1. The Labute approximate surface area is 224 Å². The number of rotatable bonds is 6. The number of amides is 1. The first kappa shape index (κ1) is 23.7. The predicted octanol–water partition coefficient (Wildman–Crippen LogP) is 2.40. The fourth-order valence-corrected chi connectivity index (χ4v) is 5.19. The summed E-state index contributed by atoms with van der Waals surface area (Å²) in [5.41, 5.74) is 4.51. The van der Waals surface area contributed by atoms with Crippen molar-refractivity contribution in [1.82, 2.24) is 24.3 Å². The molecule has 12 nitrogen and oxygen atoms in total. The molecule has 2 N–H and O–H groups in total. The van der Waals surface area contributed by atoms with Gasteiger partial charge in [-0.1, -0.05) is 0 Å². The van der Waals surface area contributed by atoms with Crippen molar-refractivity contribution in [2.24, 2.45) is 0 Å². The Kier molecular flexibility index (Phi) is 5.90. The number of benzene rings is 1. The number of methoxy groups -OCH3 is 1. The van der Waals surface area contributed by atoms with E-state index in [4.69, 9.17) is 19.2 Å². The lowest BCUT2D eigenvalue weighted by atomic mass is 10.1. The van der Waals surface area contributed by atoms with E-state index in [1.54, 1.807) is 19.5 Å². The summed E-state index contributed by atoms with van der Waals surface area (Å²) in [6.45, 7) is 5.56. The van der Waals surface area contributed by atoms with Gasteiger partial charge >= 0.3 is 0 Å². The lowest BCUT2D eigenvalue weighted by Gasteiger charge is -2.43. The highest BCUT2D eigenvalue weighted by Gasteiger charge is 2.29.